The summed E-state index contributed by atoms with van der Waals surface area (Å²) in [7, 11) is 0. The molecule has 0 radical (unpaired) electrons. The van der Waals surface area contributed by atoms with Gasteiger partial charge in [-0.25, -0.2) is 18.3 Å². The Hall–Kier alpha value is -3.58. The van der Waals surface area contributed by atoms with Crippen LogP contribution >= 0.6 is 0 Å². The Balaban J connectivity index is 1.44. The molecule has 0 aliphatic heterocycles. The van der Waals surface area contributed by atoms with Gasteiger partial charge in [0.2, 0.25) is 11.8 Å². The Bertz CT molecular complexity index is 1630. The fourth-order valence-corrected chi connectivity index (χ4v) is 5.71. The first kappa shape index (κ1) is 24.8. The SMILES string of the molecule is [2H]C([2H])([2H])C([2H])([2H])n1nccc1C(=O)N[C@H](c1cn2ncc([C@H](NC(=O)C[C@@H](C)C(F)(F)F)C3CCC3)cc2n1)C1CCC(F)(F)CC1. The molecular formula is C29H36F5N7O2. The Labute approximate surface area is 252 Å². The van der Waals surface area contributed by atoms with Crippen LogP contribution in [0.4, 0.5) is 22.0 Å². The molecule has 2 aliphatic carbocycles. The van der Waals surface area contributed by atoms with Crippen LogP contribution < -0.4 is 10.6 Å². The monoisotopic (exact) mass is 614 g/mol. The summed E-state index contributed by atoms with van der Waals surface area (Å²) in [6.07, 6.45) is 0.364. The van der Waals surface area contributed by atoms with Crippen LogP contribution in [0, 0.1) is 17.8 Å². The number of aromatic nitrogens is 5. The van der Waals surface area contributed by atoms with Crippen LogP contribution in [-0.4, -0.2) is 48.3 Å². The maximum atomic E-state index is 14.1. The Morgan fingerprint density at radius 3 is 2.51 bits per heavy atom. The Kier molecular flexibility index (Phi) is 7.04. The number of nitrogens with one attached hydrogen (secondary N) is 2. The number of carbonyl (C=O) groups is 2. The number of hydrogen-bond acceptors (Lipinski definition) is 5. The van der Waals surface area contributed by atoms with Gasteiger partial charge in [-0.15, -0.1) is 0 Å². The molecule has 234 valence electrons. The van der Waals surface area contributed by atoms with Gasteiger partial charge in [0.1, 0.15) is 5.69 Å². The van der Waals surface area contributed by atoms with Gasteiger partial charge < -0.3 is 10.6 Å². The van der Waals surface area contributed by atoms with E-state index in [9.17, 15) is 31.5 Å². The van der Waals surface area contributed by atoms with E-state index in [-0.39, 0.29) is 30.1 Å². The van der Waals surface area contributed by atoms with Crippen molar-refractivity contribution in [2.75, 3.05) is 0 Å². The molecule has 2 fully saturated rings. The molecule has 14 heteroatoms. The van der Waals surface area contributed by atoms with Crippen LogP contribution in [0.15, 0.2) is 30.7 Å². The first-order chi connectivity index (χ1) is 22.3. The zero-order valence-electron chi connectivity index (χ0n) is 28.4. The Morgan fingerprint density at radius 1 is 1.14 bits per heavy atom. The lowest BCUT2D eigenvalue weighted by atomic mass is 9.77. The van der Waals surface area contributed by atoms with Gasteiger partial charge in [0.15, 0.2) is 5.65 Å². The molecule has 0 bridgehead atoms. The molecule has 3 heterocycles. The second-order valence-corrected chi connectivity index (χ2v) is 11.5. The quantitative estimate of drug-likeness (QED) is 0.282. The van der Waals surface area contributed by atoms with Gasteiger partial charge >= 0.3 is 6.18 Å². The average Bonchev–Trinajstić information content (AvgIpc) is 3.61. The molecule has 3 atom stereocenters. The van der Waals surface area contributed by atoms with Crippen LogP contribution in [0.5, 0.6) is 0 Å². The summed E-state index contributed by atoms with van der Waals surface area (Å²) in [5, 5.41) is 13.6. The molecule has 43 heavy (non-hydrogen) atoms. The highest BCUT2D eigenvalue weighted by molar-refractivity contribution is 5.92. The molecule has 2 saturated carbocycles. The van der Waals surface area contributed by atoms with E-state index in [1.165, 1.54) is 16.9 Å². The molecule has 0 aromatic carbocycles. The van der Waals surface area contributed by atoms with Gasteiger partial charge in [-0.1, -0.05) is 13.3 Å². The van der Waals surface area contributed by atoms with E-state index in [1.54, 1.807) is 6.07 Å². The standard InChI is InChI=1S/C29H36F5N7O2/c1-3-40-22(9-12-35-40)27(43)39-26(19-7-10-28(30,31)11-8-19)21-16-41-23(37-21)14-20(15-36-41)25(18-5-4-6-18)38-24(42)13-17(2)29(32,33)34/h9,12,14-19,25-26H,3-8,10-11,13H2,1-2H3,(H,38,42)(H,39,43)/t17-,25-,26+/m1/s1/i1D3,3D2. The highest BCUT2D eigenvalue weighted by atomic mass is 19.4. The smallest absolute Gasteiger partial charge is 0.349 e. The molecule has 3 aromatic rings. The molecule has 5 rings (SSSR count). The normalized spacial score (nSPS) is 22.2. The Morgan fingerprint density at radius 2 is 1.86 bits per heavy atom. The van der Waals surface area contributed by atoms with Crippen molar-refractivity contribution in [3.63, 3.8) is 0 Å². The summed E-state index contributed by atoms with van der Waals surface area (Å²) in [6.45, 7) is -5.26. The number of carbonyl (C=O) groups excluding carboxylic acids is 2. The molecule has 0 spiro atoms. The number of alkyl halides is 5. The van der Waals surface area contributed by atoms with Crippen molar-refractivity contribution in [1.82, 2.24) is 35.0 Å². The number of fused-ring (bicyclic) bond motifs is 1. The van der Waals surface area contributed by atoms with Crippen molar-refractivity contribution < 1.29 is 38.4 Å². The summed E-state index contributed by atoms with van der Waals surface area (Å²) >= 11 is 0. The topological polar surface area (TPSA) is 106 Å². The molecule has 2 aliphatic rings. The van der Waals surface area contributed by atoms with E-state index < -0.39 is 86.1 Å². The van der Waals surface area contributed by atoms with Gasteiger partial charge in [0.25, 0.3) is 5.91 Å². The number of rotatable bonds is 10. The van der Waals surface area contributed by atoms with Crippen LogP contribution in [0.25, 0.3) is 5.65 Å². The number of hydrogen-bond donors (Lipinski definition) is 2. The number of imidazole rings is 1. The second-order valence-electron chi connectivity index (χ2n) is 11.5. The number of amides is 2. The zero-order chi connectivity index (χ0) is 35.2. The highest BCUT2D eigenvalue weighted by Crippen LogP contribution is 2.42. The number of nitrogens with zero attached hydrogens (tertiary/aromatic N) is 5. The number of halogens is 5. The lowest BCUT2D eigenvalue weighted by Gasteiger charge is -2.34. The van der Waals surface area contributed by atoms with Crippen LogP contribution in [0.1, 0.15) is 106 Å². The summed E-state index contributed by atoms with van der Waals surface area (Å²) in [5.41, 5.74) is 0.640. The third kappa shape index (κ3) is 6.98. The van der Waals surface area contributed by atoms with Crippen LogP contribution in [0.3, 0.4) is 0 Å². The van der Waals surface area contributed by atoms with Gasteiger partial charge in [-0.2, -0.15) is 23.4 Å². The molecule has 3 aromatic heterocycles. The van der Waals surface area contributed by atoms with Crippen molar-refractivity contribution in [3.05, 3.63) is 47.7 Å². The van der Waals surface area contributed by atoms with Gasteiger partial charge in [0, 0.05) is 36.1 Å². The number of aryl methyl sites for hydroxylation is 1. The van der Waals surface area contributed by atoms with Crippen molar-refractivity contribution in [3.8, 4) is 0 Å². The predicted octanol–water partition coefficient (Wildman–Crippen LogP) is 5.79. The first-order valence-corrected chi connectivity index (χ1v) is 14.2. The second kappa shape index (κ2) is 12.2. The van der Waals surface area contributed by atoms with Crippen molar-refractivity contribution >= 4 is 17.5 Å². The molecule has 0 unspecified atom stereocenters. The fraction of sp³-hybridized carbons (Fsp3) is 0.621. The van der Waals surface area contributed by atoms with Crippen molar-refractivity contribution in [1.29, 1.82) is 0 Å². The average molecular weight is 615 g/mol. The van der Waals surface area contributed by atoms with Crippen molar-refractivity contribution in [2.45, 2.75) is 95.8 Å². The summed E-state index contributed by atoms with van der Waals surface area (Å²) in [6, 6.07) is 1.19. The maximum absolute atomic E-state index is 14.1. The predicted molar refractivity (Wildman–Crippen MR) is 146 cm³/mol. The fourth-order valence-electron chi connectivity index (χ4n) is 5.71. The van der Waals surface area contributed by atoms with E-state index in [0.29, 0.717) is 10.2 Å². The first-order valence-electron chi connectivity index (χ1n) is 16.7. The lowest BCUT2D eigenvalue weighted by molar-refractivity contribution is -0.174. The molecule has 0 saturated heterocycles. The van der Waals surface area contributed by atoms with Crippen LogP contribution in [-0.2, 0) is 11.3 Å². The van der Waals surface area contributed by atoms with E-state index in [4.69, 9.17) is 6.85 Å². The van der Waals surface area contributed by atoms with E-state index in [2.05, 4.69) is 25.8 Å². The van der Waals surface area contributed by atoms with Gasteiger partial charge in [-0.05, 0) is 62.1 Å². The minimum atomic E-state index is -4.52. The lowest BCUT2D eigenvalue weighted by Crippen LogP contribution is -2.38. The summed E-state index contributed by atoms with van der Waals surface area (Å²) in [4.78, 5) is 30.8. The zero-order valence-corrected chi connectivity index (χ0v) is 23.4. The third-order valence-electron chi connectivity index (χ3n) is 8.53. The summed E-state index contributed by atoms with van der Waals surface area (Å²) < 4.78 is 108. The highest BCUT2D eigenvalue weighted by Gasteiger charge is 2.40. The molecule has 9 nitrogen and oxygen atoms in total. The minimum Gasteiger partial charge on any atom is -0.349 e. The van der Waals surface area contributed by atoms with Gasteiger partial charge in [0.05, 0.1) is 38.8 Å². The van der Waals surface area contributed by atoms with E-state index in [0.717, 1.165) is 38.4 Å². The van der Waals surface area contributed by atoms with E-state index >= 15 is 0 Å². The largest absolute Gasteiger partial charge is 0.392 e. The van der Waals surface area contributed by atoms with Crippen molar-refractivity contribution in [2.24, 2.45) is 17.8 Å². The van der Waals surface area contributed by atoms with Gasteiger partial charge in [-0.3, -0.25) is 14.3 Å². The molecule has 2 amide bonds. The maximum Gasteiger partial charge on any atom is 0.392 e. The van der Waals surface area contributed by atoms with Crippen LogP contribution in [0.2, 0.25) is 0 Å². The third-order valence-corrected chi connectivity index (χ3v) is 8.53. The summed E-state index contributed by atoms with van der Waals surface area (Å²) in [5.74, 6) is -6.90. The molecule has 2 N–H and O–H groups in total. The molecular weight excluding hydrogens is 573 g/mol. The van der Waals surface area contributed by atoms with E-state index in [1.807, 2.05) is 0 Å². The minimum absolute atomic E-state index is 0.0198.